The molecule has 0 aliphatic carbocycles. The zero-order valence-corrected chi connectivity index (χ0v) is 10.6. The van der Waals surface area contributed by atoms with E-state index in [2.05, 4.69) is 9.97 Å². The molecule has 1 aliphatic heterocycles. The van der Waals surface area contributed by atoms with Gasteiger partial charge < -0.3 is 10.6 Å². The molecule has 5 heteroatoms. The number of rotatable bonds is 3. The summed E-state index contributed by atoms with van der Waals surface area (Å²) in [6, 6.07) is 6.03. The van der Waals surface area contributed by atoms with Crippen molar-refractivity contribution in [2.75, 3.05) is 13.1 Å². The Labute approximate surface area is 111 Å². The number of hydrogen-bond donors (Lipinski definition) is 1. The van der Waals surface area contributed by atoms with E-state index in [1.165, 1.54) is 5.56 Å². The van der Waals surface area contributed by atoms with Crippen molar-refractivity contribution in [1.82, 2.24) is 14.9 Å². The number of nitrogens with zero attached hydrogens (tertiary/aromatic N) is 3. The molecule has 3 rings (SSSR count). The van der Waals surface area contributed by atoms with Crippen LogP contribution in [0.3, 0.4) is 0 Å². The molecular formula is C14H16N4O. The number of carbonyl (C=O) groups is 1. The van der Waals surface area contributed by atoms with Gasteiger partial charge in [-0.25, -0.2) is 0 Å². The van der Waals surface area contributed by atoms with Crippen LogP contribution in [-0.4, -0.2) is 39.9 Å². The first kappa shape index (κ1) is 12.0. The van der Waals surface area contributed by atoms with Crippen molar-refractivity contribution in [3.05, 3.63) is 36.2 Å². The minimum atomic E-state index is -0.00466. The van der Waals surface area contributed by atoms with Gasteiger partial charge in [-0.3, -0.25) is 14.8 Å². The van der Waals surface area contributed by atoms with E-state index in [-0.39, 0.29) is 11.9 Å². The molecule has 1 unspecified atom stereocenters. The molecule has 5 nitrogen and oxygen atoms in total. The maximum absolute atomic E-state index is 11.6. The highest BCUT2D eigenvalue weighted by Crippen LogP contribution is 2.14. The second-order valence-corrected chi connectivity index (χ2v) is 4.93. The van der Waals surface area contributed by atoms with Crippen LogP contribution in [0.4, 0.5) is 0 Å². The molecule has 0 spiro atoms. The first-order chi connectivity index (χ1) is 9.22. The lowest BCUT2D eigenvalue weighted by atomic mass is 10.1. The highest BCUT2D eigenvalue weighted by Gasteiger charge is 2.26. The molecule has 0 saturated carbocycles. The lowest BCUT2D eigenvalue weighted by Crippen LogP contribution is -2.30. The average molecular weight is 256 g/mol. The van der Waals surface area contributed by atoms with Crippen LogP contribution in [0.25, 0.3) is 11.0 Å². The number of fused-ring (bicyclic) bond motifs is 1. The third kappa shape index (κ3) is 2.56. The molecule has 1 amide bonds. The van der Waals surface area contributed by atoms with E-state index in [9.17, 15) is 4.79 Å². The summed E-state index contributed by atoms with van der Waals surface area (Å²) in [5.74, 6) is 0.160. The van der Waals surface area contributed by atoms with Gasteiger partial charge in [-0.15, -0.1) is 0 Å². The number of benzene rings is 1. The summed E-state index contributed by atoms with van der Waals surface area (Å²) >= 11 is 0. The van der Waals surface area contributed by atoms with Crippen molar-refractivity contribution in [3.8, 4) is 0 Å². The summed E-state index contributed by atoms with van der Waals surface area (Å²) < 4.78 is 0. The first-order valence-electron chi connectivity index (χ1n) is 6.45. The summed E-state index contributed by atoms with van der Waals surface area (Å²) in [6.45, 7) is 1.39. The van der Waals surface area contributed by atoms with E-state index in [4.69, 9.17) is 5.73 Å². The molecular weight excluding hydrogens is 240 g/mol. The van der Waals surface area contributed by atoms with Gasteiger partial charge in [0.2, 0.25) is 5.91 Å². The highest BCUT2D eigenvalue weighted by atomic mass is 16.2. The quantitative estimate of drug-likeness (QED) is 0.878. The molecule has 1 aliphatic rings. The fraction of sp³-hybridized carbons (Fsp3) is 0.357. The first-order valence-corrected chi connectivity index (χ1v) is 6.45. The van der Waals surface area contributed by atoms with Crippen LogP contribution in [0, 0.1) is 0 Å². The number of nitrogens with two attached hydrogens (primary N) is 1. The topological polar surface area (TPSA) is 72.1 Å². The van der Waals surface area contributed by atoms with Gasteiger partial charge in [0, 0.05) is 37.9 Å². The lowest BCUT2D eigenvalue weighted by Gasteiger charge is -2.15. The van der Waals surface area contributed by atoms with Crippen LogP contribution in [0.2, 0.25) is 0 Å². The largest absolute Gasteiger partial charge is 0.341 e. The van der Waals surface area contributed by atoms with Crippen LogP contribution in [0.1, 0.15) is 12.0 Å². The Bertz CT molecular complexity index is 613. The van der Waals surface area contributed by atoms with Gasteiger partial charge in [0.15, 0.2) is 0 Å². The number of aromatic nitrogens is 2. The van der Waals surface area contributed by atoms with Crippen molar-refractivity contribution in [2.24, 2.45) is 5.73 Å². The van der Waals surface area contributed by atoms with Crippen LogP contribution < -0.4 is 5.73 Å². The molecule has 19 heavy (non-hydrogen) atoms. The van der Waals surface area contributed by atoms with Crippen molar-refractivity contribution in [1.29, 1.82) is 0 Å². The molecule has 0 bridgehead atoms. The van der Waals surface area contributed by atoms with E-state index < -0.39 is 0 Å². The summed E-state index contributed by atoms with van der Waals surface area (Å²) in [7, 11) is 0. The number of carbonyl (C=O) groups excluding carboxylic acids is 1. The molecule has 2 aromatic rings. The Morgan fingerprint density at radius 2 is 2.05 bits per heavy atom. The van der Waals surface area contributed by atoms with E-state index in [0.717, 1.165) is 24.0 Å². The SMILES string of the molecule is NC1CC(=O)N(CCc2ccc3nccnc3c2)C1. The number of amides is 1. The van der Waals surface area contributed by atoms with Crippen molar-refractivity contribution in [3.63, 3.8) is 0 Å². The maximum atomic E-state index is 11.6. The molecule has 1 atom stereocenters. The minimum Gasteiger partial charge on any atom is -0.341 e. The Morgan fingerprint density at radius 1 is 1.26 bits per heavy atom. The zero-order chi connectivity index (χ0) is 13.2. The van der Waals surface area contributed by atoms with Crippen molar-refractivity contribution in [2.45, 2.75) is 18.9 Å². The number of hydrogen-bond acceptors (Lipinski definition) is 4. The van der Waals surface area contributed by atoms with E-state index in [1.807, 2.05) is 23.1 Å². The van der Waals surface area contributed by atoms with Crippen LogP contribution in [0.15, 0.2) is 30.6 Å². The highest BCUT2D eigenvalue weighted by molar-refractivity contribution is 5.79. The monoisotopic (exact) mass is 256 g/mol. The van der Waals surface area contributed by atoms with Gasteiger partial charge in [0.1, 0.15) is 0 Å². The van der Waals surface area contributed by atoms with Gasteiger partial charge in [0.25, 0.3) is 0 Å². The molecule has 1 aromatic carbocycles. The minimum absolute atomic E-state index is 0.00466. The second kappa shape index (κ2) is 4.93. The molecule has 2 heterocycles. The van der Waals surface area contributed by atoms with Gasteiger partial charge in [-0.1, -0.05) is 6.07 Å². The van der Waals surface area contributed by atoms with Gasteiger partial charge >= 0.3 is 0 Å². The fourth-order valence-electron chi connectivity index (χ4n) is 2.45. The van der Waals surface area contributed by atoms with E-state index in [0.29, 0.717) is 13.0 Å². The van der Waals surface area contributed by atoms with Crippen LogP contribution in [0.5, 0.6) is 0 Å². The lowest BCUT2D eigenvalue weighted by molar-refractivity contribution is -0.127. The van der Waals surface area contributed by atoms with Crippen LogP contribution >= 0.6 is 0 Å². The average Bonchev–Trinajstić information content (AvgIpc) is 2.74. The smallest absolute Gasteiger partial charge is 0.224 e. The molecule has 2 N–H and O–H groups in total. The van der Waals surface area contributed by atoms with Crippen molar-refractivity contribution < 1.29 is 4.79 Å². The second-order valence-electron chi connectivity index (χ2n) is 4.93. The third-order valence-electron chi connectivity index (χ3n) is 3.45. The van der Waals surface area contributed by atoms with Gasteiger partial charge in [0.05, 0.1) is 11.0 Å². The predicted molar refractivity (Wildman–Crippen MR) is 72.4 cm³/mol. The Hall–Kier alpha value is -2.01. The fourth-order valence-corrected chi connectivity index (χ4v) is 2.45. The molecule has 98 valence electrons. The summed E-state index contributed by atoms with van der Waals surface area (Å²) in [6.07, 6.45) is 4.68. The summed E-state index contributed by atoms with van der Waals surface area (Å²) in [5, 5.41) is 0. The van der Waals surface area contributed by atoms with E-state index >= 15 is 0 Å². The van der Waals surface area contributed by atoms with E-state index in [1.54, 1.807) is 12.4 Å². The Morgan fingerprint density at radius 3 is 2.79 bits per heavy atom. The molecule has 1 saturated heterocycles. The predicted octanol–water partition coefficient (Wildman–Crippen LogP) is 0.732. The molecule has 1 aromatic heterocycles. The maximum Gasteiger partial charge on any atom is 0.224 e. The summed E-state index contributed by atoms with van der Waals surface area (Å²) in [5.41, 5.74) is 8.73. The number of likely N-dealkylation sites (tertiary alicyclic amines) is 1. The third-order valence-corrected chi connectivity index (χ3v) is 3.45. The Balaban J connectivity index is 1.70. The van der Waals surface area contributed by atoms with Crippen molar-refractivity contribution >= 4 is 16.9 Å². The normalized spacial score (nSPS) is 19.3. The Kier molecular flexibility index (Phi) is 3.13. The van der Waals surface area contributed by atoms with Crippen LogP contribution in [-0.2, 0) is 11.2 Å². The molecule has 0 radical (unpaired) electrons. The van der Waals surface area contributed by atoms with Gasteiger partial charge in [-0.05, 0) is 24.1 Å². The van der Waals surface area contributed by atoms with Gasteiger partial charge in [-0.2, -0.15) is 0 Å². The standard InChI is InChI=1S/C14H16N4O/c15-11-8-14(19)18(9-11)6-3-10-1-2-12-13(7-10)17-5-4-16-12/h1-2,4-5,7,11H,3,6,8-9,15H2. The summed E-state index contributed by atoms with van der Waals surface area (Å²) in [4.78, 5) is 22.0. The zero-order valence-electron chi connectivity index (χ0n) is 10.6. The molecule has 1 fully saturated rings.